The molecule has 8 aromatic carbocycles. The van der Waals surface area contributed by atoms with Gasteiger partial charge in [0.05, 0.1) is 33.9 Å². The fourth-order valence-corrected chi connectivity index (χ4v) is 12.2. The maximum Gasteiger partial charge on any atom is 0.0754 e. The van der Waals surface area contributed by atoms with Crippen LogP contribution in [0.1, 0.15) is 63.8 Å². The number of para-hydroxylation sites is 4. The van der Waals surface area contributed by atoms with Crippen LogP contribution in [0.2, 0.25) is 0 Å². The highest BCUT2D eigenvalue weighted by atomic mass is 15.2. The molecule has 2 aliphatic heterocycles. The Hall–Kier alpha value is -8.01. The Morgan fingerprint density at radius 1 is 0.569 bits per heavy atom. The third-order valence-electron chi connectivity index (χ3n) is 15.0. The van der Waals surface area contributed by atoms with Gasteiger partial charge in [-0.1, -0.05) is 176 Å². The molecule has 2 atom stereocenters. The van der Waals surface area contributed by atoms with Crippen molar-refractivity contribution in [3.63, 3.8) is 0 Å². The summed E-state index contributed by atoms with van der Waals surface area (Å²) in [6, 6.07) is 65.5. The number of fused-ring (bicyclic) bond motifs is 15. The summed E-state index contributed by atoms with van der Waals surface area (Å²) in [5.74, 6) is 0. The Kier molecular flexibility index (Phi) is 7.71. The maximum atomic E-state index is 10.1. The number of benzene rings is 8. The minimum absolute atomic E-state index is 0.251. The number of nitrogens with zero attached hydrogens (tertiary/aromatic N) is 2. The molecular formula is C62H43N3. The predicted molar refractivity (Wildman–Crippen MR) is 270 cm³/mol. The number of allylic oxidation sites excluding steroid dienone is 6. The largest absolute Gasteiger partial charge is 0.332 e. The van der Waals surface area contributed by atoms with Gasteiger partial charge in [0, 0.05) is 38.8 Å². The van der Waals surface area contributed by atoms with Crippen molar-refractivity contribution in [3.05, 3.63) is 257 Å². The van der Waals surface area contributed by atoms with Gasteiger partial charge >= 0.3 is 0 Å². The van der Waals surface area contributed by atoms with E-state index >= 15 is 0 Å². The van der Waals surface area contributed by atoms with E-state index in [2.05, 4.69) is 222 Å². The van der Waals surface area contributed by atoms with E-state index < -0.39 is 5.41 Å². The first-order valence-corrected chi connectivity index (χ1v) is 23.0. The Labute approximate surface area is 378 Å². The van der Waals surface area contributed by atoms with Gasteiger partial charge in [-0.3, -0.25) is 5.41 Å². The third-order valence-corrected chi connectivity index (χ3v) is 15.0. The lowest BCUT2D eigenvalue weighted by molar-refractivity contribution is 0.721. The highest BCUT2D eigenvalue weighted by molar-refractivity contribution is 6.17. The summed E-state index contributed by atoms with van der Waals surface area (Å²) in [6.45, 7) is 0. The molecule has 3 heterocycles. The van der Waals surface area contributed by atoms with Gasteiger partial charge in [-0.25, -0.2) is 0 Å². The van der Waals surface area contributed by atoms with Crippen molar-refractivity contribution >= 4 is 50.0 Å². The van der Waals surface area contributed by atoms with Crippen molar-refractivity contribution in [2.24, 2.45) is 0 Å². The van der Waals surface area contributed by atoms with Crippen LogP contribution in [-0.4, -0.2) is 16.3 Å². The quantitative estimate of drug-likeness (QED) is 0.172. The normalized spacial score (nSPS) is 18.3. The van der Waals surface area contributed by atoms with E-state index in [4.69, 9.17) is 0 Å². The van der Waals surface area contributed by atoms with Crippen LogP contribution < -0.4 is 4.90 Å². The van der Waals surface area contributed by atoms with Gasteiger partial charge in [-0.2, -0.15) is 0 Å². The van der Waals surface area contributed by atoms with Crippen LogP contribution in [0.3, 0.4) is 0 Å². The summed E-state index contributed by atoms with van der Waals surface area (Å²) >= 11 is 0. The number of nitrogens with one attached hydrogen (secondary N) is 1. The standard InChI is InChI=1S/C62H43N3/c63-60(41-31-29-40(30-32-41)39-15-3-1-4-16-39)49-22-14-24-53-59(49)50-37-42(43-33-35-47-45-19-7-10-26-55(45)64(58(47)38-43)44-17-5-2-6-18-44)34-36-51(50)62(53)52-23-9-12-28-57(52)65-56-27-11-8-20-46(56)48-21-13-25-54(62)61(48)65/h2-3,5-26,28-38,56,63H,1,4,27H2. The molecule has 0 fully saturated rings. The summed E-state index contributed by atoms with van der Waals surface area (Å²) in [4.78, 5) is 2.64. The molecule has 1 spiro atoms. The number of aromatic nitrogens is 1. The average Bonchev–Trinajstić information content (AvgIpc) is 4.00. The molecule has 2 unspecified atom stereocenters. The lowest BCUT2D eigenvalue weighted by Gasteiger charge is -2.45. The molecule has 0 saturated heterocycles. The van der Waals surface area contributed by atoms with Crippen molar-refractivity contribution in [2.45, 2.75) is 30.7 Å². The molecule has 65 heavy (non-hydrogen) atoms. The van der Waals surface area contributed by atoms with Gasteiger partial charge in [0.25, 0.3) is 0 Å². The first-order chi connectivity index (χ1) is 32.2. The molecule has 306 valence electrons. The van der Waals surface area contributed by atoms with E-state index in [0.717, 1.165) is 52.8 Å². The third kappa shape index (κ3) is 4.98. The monoisotopic (exact) mass is 829 g/mol. The van der Waals surface area contributed by atoms with Gasteiger partial charge in [0.2, 0.25) is 0 Å². The molecule has 0 bridgehead atoms. The highest BCUT2D eigenvalue weighted by Gasteiger charge is 2.55. The van der Waals surface area contributed by atoms with Gasteiger partial charge in [-0.15, -0.1) is 0 Å². The lowest BCUT2D eigenvalue weighted by atomic mass is 9.64. The second-order valence-corrected chi connectivity index (χ2v) is 18.1. The minimum Gasteiger partial charge on any atom is -0.332 e. The highest BCUT2D eigenvalue weighted by Crippen LogP contribution is 2.66. The Bertz CT molecular complexity index is 3650. The number of anilines is 2. The summed E-state index contributed by atoms with van der Waals surface area (Å²) in [7, 11) is 0. The maximum absolute atomic E-state index is 10.1. The van der Waals surface area contributed by atoms with Crippen LogP contribution in [0.4, 0.5) is 11.4 Å². The van der Waals surface area contributed by atoms with E-state index in [1.807, 2.05) is 0 Å². The summed E-state index contributed by atoms with van der Waals surface area (Å²) < 4.78 is 2.40. The zero-order valence-corrected chi connectivity index (χ0v) is 35.8. The summed E-state index contributed by atoms with van der Waals surface area (Å²) in [5.41, 5.74) is 22.9. The van der Waals surface area contributed by atoms with E-state index in [1.54, 1.807) is 0 Å². The molecule has 0 radical (unpaired) electrons. The molecule has 3 aliphatic carbocycles. The van der Waals surface area contributed by atoms with Crippen molar-refractivity contribution in [1.29, 1.82) is 5.41 Å². The van der Waals surface area contributed by atoms with Crippen molar-refractivity contribution < 1.29 is 0 Å². The second kappa shape index (κ2) is 13.7. The van der Waals surface area contributed by atoms with E-state index in [1.165, 1.54) is 83.3 Å². The fraction of sp³-hybridized carbons (Fsp3) is 0.0806. The number of rotatable bonds is 5. The van der Waals surface area contributed by atoms with Crippen LogP contribution in [0.5, 0.6) is 0 Å². The van der Waals surface area contributed by atoms with Gasteiger partial charge in [0.15, 0.2) is 0 Å². The average molecular weight is 830 g/mol. The number of hydrogen-bond donors (Lipinski definition) is 1. The van der Waals surface area contributed by atoms with Crippen molar-refractivity contribution in [2.75, 3.05) is 4.90 Å². The molecule has 0 amide bonds. The molecule has 14 rings (SSSR count). The van der Waals surface area contributed by atoms with Crippen molar-refractivity contribution in [3.8, 4) is 27.9 Å². The zero-order valence-electron chi connectivity index (χ0n) is 35.8. The summed E-state index contributed by atoms with van der Waals surface area (Å²) in [6.07, 6.45) is 16.8. The molecular weight excluding hydrogens is 787 g/mol. The predicted octanol–water partition coefficient (Wildman–Crippen LogP) is 15.1. The SMILES string of the molecule is N=C(c1ccc(C2=CCCC=C2)cc1)c1cccc2c1-c1cc(-c3ccc4c5ccccc5n(-c5ccccc5)c4c3)ccc1C21c2ccccc2N2c3c(cccc31)C1=CC=CCC12. The van der Waals surface area contributed by atoms with Crippen molar-refractivity contribution in [1.82, 2.24) is 4.57 Å². The molecule has 1 N–H and O–H groups in total. The number of hydrogen-bond acceptors (Lipinski definition) is 2. The van der Waals surface area contributed by atoms with Crippen LogP contribution in [0.15, 0.2) is 212 Å². The smallest absolute Gasteiger partial charge is 0.0754 e. The Balaban J connectivity index is 1.02. The van der Waals surface area contributed by atoms with Crippen LogP contribution in [0.25, 0.3) is 60.9 Å². The van der Waals surface area contributed by atoms with Gasteiger partial charge in [-0.05, 0) is 117 Å². The van der Waals surface area contributed by atoms with Crippen LogP contribution >= 0.6 is 0 Å². The van der Waals surface area contributed by atoms with E-state index in [0.29, 0.717) is 5.71 Å². The van der Waals surface area contributed by atoms with Gasteiger partial charge in [0.1, 0.15) is 0 Å². The molecule has 3 heteroatoms. The lowest BCUT2D eigenvalue weighted by Crippen LogP contribution is -2.39. The first-order valence-electron chi connectivity index (χ1n) is 23.0. The van der Waals surface area contributed by atoms with Crippen LogP contribution in [-0.2, 0) is 5.41 Å². The fourth-order valence-electron chi connectivity index (χ4n) is 12.2. The van der Waals surface area contributed by atoms with Gasteiger partial charge < -0.3 is 9.47 Å². The molecule has 3 nitrogen and oxygen atoms in total. The van der Waals surface area contributed by atoms with E-state index in [-0.39, 0.29) is 6.04 Å². The molecule has 9 aromatic rings. The summed E-state index contributed by atoms with van der Waals surface area (Å²) in [5, 5.41) is 12.6. The minimum atomic E-state index is -0.604. The molecule has 0 saturated carbocycles. The first kappa shape index (κ1) is 36.5. The Morgan fingerprint density at radius 2 is 1.32 bits per heavy atom. The van der Waals surface area contributed by atoms with E-state index in [9.17, 15) is 5.41 Å². The second-order valence-electron chi connectivity index (χ2n) is 18.1. The zero-order chi connectivity index (χ0) is 42.8. The topological polar surface area (TPSA) is 32.0 Å². The Morgan fingerprint density at radius 3 is 2.22 bits per heavy atom. The van der Waals surface area contributed by atoms with Crippen LogP contribution in [0, 0.1) is 5.41 Å². The molecule has 1 aromatic heterocycles. The molecule has 5 aliphatic rings.